The molecule has 5 atom stereocenters. The van der Waals surface area contributed by atoms with E-state index in [4.69, 9.17) is 9.16 Å². The Hall–Kier alpha value is -0.393. The van der Waals surface area contributed by atoms with Crippen LogP contribution in [-0.2, 0) is 14.0 Å². The third-order valence-electron chi connectivity index (χ3n) is 7.29. The first-order chi connectivity index (χ1) is 13.0. The fourth-order valence-corrected chi connectivity index (χ4v) is 8.13. The molecule has 2 aliphatic carbocycles. The van der Waals surface area contributed by atoms with Crippen molar-refractivity contribution in [1.82, 2.24) is 0 Å². The van der Waals surface area contributed by atoms with Crippen LogP contribution in [0.3, 0.4) is 0 Å². The van der Waals surface area contributed by atoms with Crippen molar-refractivity contribution < 1.29 is 14.0 Å². The van der Waals surface area contributed by atoms with E-state index in [1.165, 1.54) is 32.1 Å². The van der Waals surface area contributed by atoms with E-state index in [2.05, 4.69) is 54.4 Å². The van der Waals surface area contributed by atoms with Crippen molar-refractivity contribution >= 4 is 30.2 Å². The Morgan fingerprint density at radius 3 is 2.71 bits per heavy atom. The molecule has 0 aromatic heterocycles. The lowest BCUT2D eigenvalue weighted by Gasteiger charge is -2.44. The lowest BCUT2D eigenvalue weighted by molar-refractivity contribution is -0.149. The standard InChI is InChI=1S/C23H37BrO3Si/c1-16(19-11-12-20-17(15-24)8-7-13-22(19,20)2)9-10-18-14-23(3,21(25)26-18)27-28(4,5)6/h14-16,19-20H,7-13H2,1-6H3/t16-,19-,20?,22+,23-/m1/s1. The van der Waals surface area contributed by atoms with Crippen molar-refractivity contribution in [2.24, 2.45) is 23.2 Å². The zero-order valence-corrected chi connectivity index (χ0v) is 21.0. The van der Waals surface area contributed by atoms with E-state index in [1.54, 1.807) is 5.57 Å². The number of cyclic esters (lactones) is 1. The Balaban J connectivity index is 1.63. The summed E-state index contributed by atoms with van der Waals surface area (Å²) in [5.74, 6) is 2.69. The number of ether oxygens (including phenoxy) is 1. The summed E-state index contributed by atoms with van der Waals surface area (Å²) < 4.78 is 11.7. The second-order valence-electron chi connectivity index (χ2n) is 10.6. The molecule has 5 heteroatoms. The third-order valence-corrected chi connectivity index (χ3v) is 8.92. The van der Waals surface area contributed by atoms with Gasteiger partial charge in [-0.1, -0.05) is 35.4 Å². The van der Waals surface area contributed by atoms with Crippen LogP contribution in [0.2, 0.25) is 19.6 Å². The van der Waals surface area contributed by atoms with Gasteiger partial charge >= 0.3 is 5.97 Å². The summed E-state index contributed by atoms with van der Waals surface area (Å²) >= 11 is 3.61. The number of hydrogen-bond acceptors (Lipinski definition) is 3. The van der Waals surface area contributed by atoms with E-state index >= 15 is 0 Å². The Bertz CT molecular complexity index is 680. The van der Waals surface area contributed by atoms with E-state index in [9.17, 15) is 4.79 Å². The number of esters is 1. The molecule has 158 valence electrons. The molecule has 3 aliphatic rings. The Kier molecular flexibility index (Phi) is 6.40. The molecule has 1 aliphatic heterocycles. The van der Waals surface area contributed by atoms with Gasteiger partial charge in [0.15, 0.2) is 13.9 Å². The van der Waals surface area contributed by atoms with Crippen LogP contribution in [0.25, 0.3) is 0 Å². The molecule has 1 heterocycles. The van der Waals surface area contributed by atoms with Crippen molar-refractivity contribution in [3.05, 3.63) is 22.4 Å². The summed E-state index contributed by atoms with van der Waals surface area (Å²) in [5.41, 5.74) is 1.15. The van der Waals surface area contributed by atoms with Gasteiger partial charge in [0, 0.05) is 6.42 Å². The molecule has 0 amide bonds. The first-order valence-electron chi connectivity index (χ1n) is 10.9. The zero-order valence-electron chi connectivity index (χ0n) is 18.4. The second kappa shape index (κ2) is 8.03. The van der Waals surface area contributed by atoms with Crippen LogP contribution in [0, 0.1) is 23.2 Å². The molecule has 3 rings (SSSR count). The summed E-state index contributed by atoms with van der Waals surface area (Å²) in [5, 5.41) is 0. The largest absolute Gasteiger partial charge is 0.429 e. The van der Waals surface area contributed by atoms with Gasteiger partial charge in [-0.25, -0.2) is 4.79 Å². The minimum atomic E-state index is -1.83. The predicted molar refractivity (Wildman–Crippen MR) is 121 cm³/mol. The number of fused-ring (bicyclic) bond motifs is 1. The van der Waals surface area contributed by atoms with E-state index in [0.29, 0.717) is 11.3 Å². The average molecular weight is 470 g/mol. The minimum absolute atomic E-state index is 0.246. The van der Waals surface area contributed by atoms with Gasteiger partial charge in [0.1, 0.15) is 5.76 Å². The highest BCUT2D eigenvalue weighted by Gasteiger charge is 2.50. The van der Waals surface area contributed by atoms with Gasteiger partial charge < -0.3 is 9.16 Å². The van der Waals surface area contributed by atoms with Crippen LogP contribution in [-0.4, -0.2) is 19.9 Å². The number of halogens is 1. The number of allylic oxidation sites excluding steroid dienone is 2. The van der Waals surface area contributed by atoms with Crippen LogP contribution in [0.15, 0.2) is 22.4 Å². The molecular formula is C23H37BrO3Si. The van der Waals surface area contributed by atoms with Crippen molar-refractivity contribution in [1.29, 1.82) is 0 Å². The maximum Gasteiger partial charge on any atom is 0.346 e. The summed E-state index contributed by atoms with van der Waals surface area (Å²) in [6, 6.07) is 0. The van der Waals surface area contributed by atoms with Gasteiger partial charge in [0.2, 0.25) is 0 Å². The lowest BCUT2D eigenvalue weighted by atomic mass is 9.61. The molecule has 28 heavy (non-hydrogen) atoms. The van der Waals surface area contributed by atoms with Gasteiger partial charge in [0.05, 0.1) is 0 Å². The first kappa shape index (κ1) is 22.3. The normalized spacial score (nSPS) is 38.3. The summed E-state index contributed by atoms with van der Waals surface area (Å²) in [7, 11) is -1.83. The summed E-state index contributed by atoms with van der Waals surface area (Å²) in [6.07, 6.45) is 10.4. The second-order valence-corrected chi connectivity index (χ2v) is 15.5. The molecule has 0 aromatic carbocycles. The molecule has 0 N–H and O–H groups in total. The number of hydrogen-bond donors (Lipinski definition) is 0. The molecule has 0 spiro atoms. The van der Waals surface area contributed by atoms with Crippen LogP contribution < -0.4 is 0 Å². The molecule has 3 nitrogen and oxygen atoms in total. The number of rotatable bonds is 6. The molecule has 1 unspecified atom stereocenters. The van der Waals surface area contributed by atoms with Crippen molar-refractivity contribution in [3.63, 3.8) is 0 Å². The van der Waals surface area contributed by atoms with Gasteiger partial charge in [-0.05, 0) is 99.3 Å². The summed E-state index contributed by atoms with van der Waals surface area (Å²) in [4.78, 5) is 14.6. The summed E-state index contributed by atoms with van der Waals surface area (Å²) in [6.45, 7) is 13.1. The average Bonchev–Trinajstić information content (AvgIpc) is 3.07. The molecule has 0 radical (unpaired) electrons. The van der Waals surface area contributed by atoms with Gasteiger partial charge in [-0.15, -0.1) is 0 Å². The topological polar surface area (TPSA) is 35.5 Å². The predicted octanol–water partition coefficient (Wildman–Crippen LogP) is 6.95. The van der Waals surface area contributed by atoms with Crippen LogP contribution in [0.1, 0.15) is 65.7 Å². The highest BCUT2D eigenvalue weighted by atomic mass is 79.9. The smallest absolute Gasteiger partial charge is 0.346 e. The SMILES string of the molecule is C[C@H](CCC1=C[C@@](C)(O[Si](C)(C)C)C(=O)O1)[C@H]1CCC2C(=CBr)CCC[C@]21C. The van der Waals surface area contributed by atoms with Crippen LogP contribution >= 0.6 is 15.9 Å². The van der Waals surface area contributed by atoms with Crippen molar-refractivity contribution in [3.8, 4) is 0 Å². The Morgan fingerprint density at radius 2 is 2.07 bits per heavy atom. The van der Waals surface area contributed by atoms with E-state index in [1.807, 2.05) is 13.0 Å². The monoisotopic (exact) mass is 468 g/mol. The van der Waals surface area contributed by atoms with E-state index in [0.717, 1.165) is 30.4 Å². The molecule has 0 bridgehead atoms. The Morgan fingerprint density at radius 1 is 1.36 bits per heavy atom. The Labute approximate surface area is 180 Å². The van der Waals surface area contributed by atoms with Crippen LogP contribution in [0.5, 0.6) is 0 Å². The van der Waals surface area contributed by atoms with E-state index < -0.39 is 13.9 Å². The van der Waals surface area contributed by atoms with Gasteiger partial charge in [0.25, 0.3) is 0 Å². The quantitative estimate of drug-likeness (QED) is 0.312. The molecule has 0 saturated heterocycles. The number of carbonyl (C=O) groups is 1. The maximum atomic E-state index is 12.4. The first-order valence-corrected chi connectivity index (χ1v) is 15.2. The fraction of sp³-hybridized carbons (Fsp3) is 0.783. The van der Waals surface area contributed by atoms with Crippen molar-refractivity contribution in [2.45, 2.75) is 91.0 Å². The lowest BCUT2D eigenvalue weighted by Crippen LogP contribution is -2.43. The van der Waals surface area contributed by atoms with Gasteiger partial charge in [-0.2, -0.15) is 0 Å². The molecule has 2 fully saturated rings. The zero-order chi connectivity index (χ0) is 20.7. The van der Waals surface area contributed by atoms with Crippen LogP contribution in [0.4, 0.5) is 0 Å². The highest BCUT2D eigenvalue weighted by Crippen LogP contribution is 2.60. The highest BCUT2D eigenvalue weighted by molar-refractivity contribution is 9.11. The van der Waals surface area contributed by atoms with E-state index in [-0.39, 0.29) is 5.97 Å². The molecule has 2 saturated carbocycles. The third kappa shape index (κ3) is 4.36. The fourth-order valence-electron chi connectivity index (χ4n) is 6.16. The minimum Gasteiger partial charge on any atom is -0.429 e. The number of carbonyl (C=O) groups excluding carboxylic acids is 1. The molecule has 0 aromatic rings. The van der Waals surface area contributed by atoms with Gasteiger partial charge in [-0.3, -0.25) is 0 Å². The maximum absolute atomic E-state index is 12.4. The van der Waals surface area contributed by atoms with Crippen molar-refractivity contribution in [2.75, 3.05) is 0 Å². The molecular weight excluding hydrogens is 432 g/mol.